The third-order valence-electron chi connectivity index (χ3n) is 4.08. The molecule has 103 valence electrons. The van der Waals surface area contributed by atoms with Gasteiger partial charge >= 0.3 is 0 Å². The second-order valence-corrected chi connectivity index (χ2v) is 5.59. The Hall–Kier alpha value is -1.31. The van der Waals surface area contributed by atoms with Crippen molar-refractivity contribution in [2.75, 3.05) is 0 Å². The van der Waals surface area contributed by atoms with Crippen LogP contribution in [0.1, 0.15) is 49.7 Å². The Morgan fingerprint density at radius 2 is 2.00 bits per heavy atom. The molecule has 0 unspecified atom stereocenters. The molecule has 0 saturated heterocycles. The van der Waals surface area contributed by atoms with E-state index in [1.807, 2.05) is 18.6 Å². The van der Waals surface area contributed by atoms with E-state index in [0.29, 0.717) is 6.54 Å². The van der Waals surface area contributed by atoms with Crippen LogP contribution in [0.15, 0.2) is 24.3 Å². The molecule has 0 bridgehead atoms. The SMILES string of the molecule is Cc1ccccc1CNC(=O)[CH]CC1CCCCC1. The van der Waals surface area contributed by atoms with Gasteiger partial charge in [-0.25, -0.2) is 0 Å². The second kappa shape index (κ2) is 7.32. The van der Waals surface area contributed by atoms with Crippen LogP contribution in [-0.2, 0) is 11.3 Å². The Kier molecular flexibility index (Phi) is 5.44. The van der Waals surface area contributed by atoms with Crippen LogP contribution in [0.4, 0.5) is 0 Å². The van der Waals surface area contributed by atoms with Gasteiger partial charge < -0.3 is 5.32 Å². The Bertz CT molecular complexity index is 407. The number of amides is 1. The average Bonchev–Trinajstić information content (AvgIpc) is 2.45. The first kappa shape index (κ1) is 14.1. The van der Waals surface area contributed by atoms with Crippen molar-refractivity contribution in [3.63, 3.8) is 0 Å². The summed E-state index contributed by atoms with van der Waals surface area (Å²) in [6, 6.07) is 8.18. The maximum atomic E-state index is 11.8. The van der Waals surface area contributed by atoms with E-state index < -0.39 is 0 Å². The maximum absolute atomic E-state index is 11.8. The fraction of sp³-hybridized carbons (Fsp3) is 0.529. The normalized spacial score (nSPS) is 16.3. The number of hydrogen-bond acceptors (Lipinski definition) is 1. The number of rotatable bonds is 5. The van der Waals surface area contributed by atoms with Gasteiger partial charge in [0.1, 0.15) is 0 Å². The number of carbonyl (C=O) groups is 1. The Labute approximate surface area is 116 Å². The van der Waals surface area contributed by atoms with Crippen molar-refractivity contribution in [1.82, 2.24) is 5.32 Å². The second-order valence-electron chi connectivity index (χ2n) is 5.59. The van der Waals surface area contributed by atoms with Crippen LogP contribution in [0.2, 0.25) is 0 Å². The van der Waals surface area contributed by atoms with Crippen molar-refractivity contribution in [2.24, 2.45) is 5.92 Å². The van der Waals surface area contributed by atoms with Gasteiger partial charge in [0.05, 0.1) is 0 Å². The molecule has 0 atom stereocenters. The molecule has 1 fully saturated rings. The monoisotopic (exact) mass is 258 g/mol. The molecule has 1 N–H and O–H groups in total. The van der Waals surface area contributed by atoms with E-state index in [0.717, 1.165) is 12.3 Å². The molecule has 2 rings (SSSR count). The zero-order valence-corrected chi connectivity index (χ0v) is 11.8. The summed E-state index contributed by atoms with van der Waals surface area (Å²) in [5.41, 5.74) is 2.43. The number of nitrogens with one attached hydrogen (secondary N) is 1. The van der Waals surface area contributed by atoms with Crippen LogP contribution >= 0.6 is 0 Å². The van der Waals surface area contributed by atoms with Crippen molar-refractivity contribution in [1.29, 1.82) is 0 Å². The molecule has 1 amide bonds. The van der Waals surface area contributed by atoms with Gasteiger partial charge in [0.25, 0.3) is 0 Å². The summed E-state index contributed by atoms with van der Waals surface area (Å²) in [6.45, 7) is 2.71. The molecule has 0 aromatic heterocycles. The zero-order chi connectivity index (χ0) is 13.5. The van der Waals surface area contributed by atoms with E-state index in [-0.39, 0.29) is 5.91 Å². The quantitative estimate of drug-likeness (QED) is 0.855. The first-order chi connectivity index (χ1) is 9.25. The summed E-state index contributed by atoms with van der Waals surface area (Å²) < 4.78 is 0. The van der Waals surface area contributed by atoms with Gasteiger partial charge in [0.2, 0.25) is 5.91 Å². The summed E-state index contributed by atoms with van der Waals surface area (Å²) in [6.07, 6.45) is 9.42. The first-order valence-corrected chi connectivity index (χ1v) is 7.41. The minimum Gasteiger partial charge on any atom is -0.352 e. The van der Waals surface area contributed by atoms with E-state index >= 15 is 0 Å². The third kappa shape index (κ3) is 4.70. The summed E-state index contributed by atoms with van der Waals surface area (Å²) in [4.78, 5) is 11.8. The Morgan fingerprint density at radius 3 is 2.74 bits per heavy atom. The molecule has 0 aliphatic heterocycles. The summed E-state index contributed by atoms with van der Waals surface area (Å²) >= 11 is 0. The van der Waals surface area contributed by atoms with Gasteiger partial charge in [-0.05, 0) is 30.4 Å². The molecule has 0 spiro atoms. The maximum Gasteiger partial charge on any atom is 0.224 e. The number of carbonyl (C=O) groups excluding carboxylic acids is 1. The standard InChI is InChI=1S/C17H24NO/c1-14-7-5-6-10-16(14)13-18-17(19)12-11-15-8-3-2-4-9-15/h5-7,10,12,15H,2-4,8-9,11,13H2,1H3,(H,18,19). The molecular weight excluding hydrogens is 234 g/mol. The lowest BCUT2D eigenvalue weighted by Gasteiger charge is -2.20. The van der Waals surface area contributed by atoms with Crippen LogP contribution in [0, 0.1) is 19.3 Å². The molecule has 2 nitrogen and oxygen atoms in total. The molecule has 0 heterocycles. The van der Waals surface area contributed by atoms with Crippen molar-refractivity contribution < 1.29 is 4.79 Å². The van der Waals surface area contributed by atoms with Crippen molar-refractivity contribution >= 4 is 5.91 Å². The smallest absolute Gasteiger partial charge is 0.224 e. The molecule has 1 aromatic carbocycles. The van der Waals surface area contributed by atoms with Gasteiger partial charge in [0.15, 0.2) is 0 Å². The van der Waals surface area contributed by atoms with Crippen LogP contribution in [0.5, 0.6) is 0 Å². The molecule has 1 aromatic rings. The lowest BCUT2D eigenvalue weighted by molar-refractivity contribution is -0.118. The lowest BCUT2D eigenvalue weighted by Crippen LogP contribution is -2.24. The summed E-state index contributed by atoms with van der Waals surface area (Å²) in [5, 5.41) is 2.98. The van der Waals surface area contributed by atoms with Crippen molar-refractivity contribution in [3.8, 4) is 0 Å². The number of benzene rings is 1. The highest BCUT2D eigenvalue weighted by Gasteiger charge is 2.14. The predicted octanol–water partition coefficient (Wildman–Crippen LogP) is 3.79. The van der Waals surface area contributed by atoms with E-state index in [1.54, 1.807) is 0 Å². The highest BCUT2D eigenvalue weighted by atomic mass is 16.1. The van der Waals surface area contributed by atoms with E-state index in [1.165, 1.54) is 43.2 Å². The molecule has 1 saturated carbocycles. The van der Waals surface area contributed by atoms with E-state index in [4.69, 9.17) is 0 Å². The van der Waals surface area contributed by atoms with Gasteiger partial charge in [-0.1, -0.05) is 56.4 Å². The molecule has 1 aliphatic carbocycles. The predicted molar refractivity (Wildman–Crippen MR) is 78.5 cm³/mol. The molecule has 1 radical (unpaired) electrons. The minimum absolute atomic E-state index is 0.0776. The lowest BCUT2D eigenvalue weighted by atomic mass is 9.86. The molecular formula is C17H24NO. The Balaban J connectivity index is 1.68. The summed E-state index contributed by atoms with van der Waals surface area (Å²) in [5.74, 6) is 0.812. The first-order valence-electron chi connectivity index (χ1n) is 7.41. The highest BCUT2D eigenvalue weighted by Crippen LogP contribution is 2.26. The van der Waals surface area contributed by atoms with Gasteiger partial charge in [0, 0.05) is 13.0 Å². The molecule has 19 heavy (non-hydrogen) atoms. The highest BCUT2D eigenvalue weighted by molar-refractivity contribution is 5.84. The van der Waals surface area contributed by atoms with Gasteiger partial charge in [-0.2, -0.15) is 0 Å². The topological polar surface area (TPSA) is 29.1 Å². The Morgan fingerprint density at radius 1 is 1.26 bits per heavy atom. The van der Waals surface area contributed by atoms with E-state index in [9.17, 15) is 4.79 Å². The number of hydrogen-bond donors (Lipinski definition) is 1. The minimum atomic E-state index is 0.0776. The van der Waals surface area contributed by atoms with Crippen LogP contribution in [0.3, 0.4) is 0 Å². The molecule has 1 aliphatic rings. The van der Waals surface area contributed by atoms with Crippen LogP contribution in [-0.4, -0.2) is 5.91 Å². The molecule has 2 heteroatoms. The van der Waals surface area contributed by atoms with E-state index in [2.05, 4.69) is 24.4 Å². The average molecular weight is 258 g/mol. The fourth-order valence-corrected chi connectivity index (χ4v) is 2.76. The number of aryl methyl sites for hydroxylation is 1. The van der Waals surface area contributed by atoms with Gasteiger partial charge in [-0.15, -0.1) is 0 Å². The largest absolute Gasteiger partial charge is 0.352 e. The van der Waals surface area contributed by atoms with Crippen molar-refractivity contribution in [2.45, 2.75) is 52.0 Å². The summed E-state index contributed by atoms with van der Waals surface area (Å²) in [7, 11) is 0. The van der Waals surface area contributed by atoms with Crippen LogP contribution < -0.4 is 5.32 Å². The zero-order valence-electron chi connectivity index (χ0n) is 11.8. The van der Waals surface area contributed by atoms with Crippen molar-refractivity contribution in [3.05, 3.63) is 41.8 Å². The third-order valence-corrected chi connectivity index (χ3v) is 4.08. The van der Waals surface area contributed by atoms with Crippen LogP contribution in [0.25, 0.3) is 0 Å². The fourth-order valence-electron chi connectivity index (χ4n) is 2.76. The van der Waals surface area contributed by atoms with Gasteiger partial charge in [-0.3, -0.25) is 4.79 Å².